The Kier molecular flexibility index (Phi) is 13.3. The molecule has 42 heavy (non-hydrogen) atoms. The summed E-state index contributed by atoms with van der Waals surface area (Å²) >= 11 is 1.58. The summed E-state index contributed by atoms with van der Waals surface area (Å²) in [6.45, 7) is 8.51. The van der Waals surface area contributed by atoms with E-state index in [1.165, 1.54) is 25.0 Å². The van der Waals surface area contributed by atoms with E-state index < -0.39 is 9.71 Å². The molecule has 0 aromatic heterocycles. The van der Waals surface area contributed by atoms with Gasteiger partial charge < -0.3 is 14.4 Å². The molecule has 0 bridgehead atoms. The summed E-state index contributed by atoms with van der Waals surface area (Å²) in [5.41, 5.74) is 5.17. The molecule has 4 rings (SSSR count). The first-order valence-electron chi connectivity index (χ1n) is 14.6. The average Bonchev–Trinajstić information content (AvgIpc) is 3.03. The molecule has 0 amide bonds. The Balaban J connectivity index is 0.00000237. The fourth-order valence-electron chi connectivity index (χ4n) is 5.08. The third-order valence-corrected chi connectivity index (χ3v) is 8.62. The second-order valence-corrected chi connectivity index (χ2v) is 12.6. The van der Waals surface area contributed by atoms with Crippen molar-refractivity contribution < 1.29 is 8.95 Å². The average molecular weight is 604 g/mol. The number of nitrogens with zero attached hydrogens (tertiary/aromatic N) is 2. The zero-order chi connectivity index (χ0) is 30.4. The first kappa shape index (κ1) is 33.1. The first-order chi connectivity index (χ1) is 20.4. The standard InChI is InChI=1S/C33H39N3O2S2.C2H6/c1-5-31(35-40(4,37)23-13-12-22-39-3)33-34-24-30(32(36(33)2)28-16-10-7-11-17-28)27-18-20-29(21-19-27)38-25-26-14-8-6-9-15-26;1-2/h5-6,8-9,12-15,18-24,28H,1,4,7,10-11,16-17,25H2,2-3H3,(H,35,37);1-2H3/b22-12-,23-13+,33-31+;. The van der Waals surface area contributed by atoms with Gasteiger partial charge in [0, 0.05) is 29.9 Å². The number of hydrogen-bond acceptors (Lipinski definition) is 5. The van der Waals surface area contributed by atoms with Gasteiger partial charge in [0.15, 0.2) is 5.82 Å². The minimum absolute atomic E-state index is 0.413. The van der Waals surface area contributed by atoms with Gasteiger partial charge in [0.1, 0.15) is 12.4 Å². The van der Waals surface area contributed by atoms with Crippen molar-refractivity contribution in [1.82, 2.24) is 9.62 Å². The number of allylic oxidation sites excluding steroid dienone is 5. The Morgan fingerprint density at radius 2 is 1.79 bits per heavy atom. The molecule has 1 atom stereocenters. The molecule has 5 nitrogen and oxygen atoms in total. The largest absolute Gasteiger partial charge is 0.489 e. The molecule has 2 aromatic rings. The lowest BCUT2D eigenvalue weighted by molar-refractivity contribution is 0.306. The van der Waals surface area contributed by atoms with Gasteiger partial charge in [0.2, 0.25) is 0 Å². The molecule has 1 heterocycles. The lowest BCUT2D eigenvalue weighted by atomic mass is 9.83. The van der Waals surface area contributed by atoms with Crippen LogP contribution in [0.5, 0.6) is 5.75 Å². The summed E-state index contributed by atoms with van der Waals surface area (Å²) in [6, 6.07) is 18.4. The van der Waals surface area contributed by atoms with E-state index in [2.05, 4.69) is 46.3 Å². The van der Waals surface area contributed by atoms with Crippen molar-refractivity contribution in [3.63, 3.8) is 0 Å². The van der Waals surface area contributed by atoms with Gasteiger partial charge in [-0.15, -0.1) is 11.8 Å². The molecule has 224 valence electrons. The van der Waals surface area contributed by atoms with E-state index in [0.29, 0.717) is 24.0 Å². The summed E-state index contributed by atoms with van der Waals surface area (Å²) in [7, 11) is -0.693. The number of nitrogens with one attached hydrogen (secondary N) is 1. The molecule has 1 fully saturated rings. The summed E-state index contributed by atoms with van der Waals surface area (Å²) in [4.78, 5) is 6.98. The molecular weight excluding hydrogens is 559 g/mol. The Hall–Kier alpha value is -3.42. The van der Waals surface area contributed by atoms with Crippen LogP contribution in [-0.4, -0.2) is 34.5 Å². The molecule has 1 saturated carbocycles. The highest BCUT2D eigenvalue weighted by Crippen LogP contribution is 2.39. The molecule has 7 heteroatoms. The van der Waals surface area contributed by atoms with Gasteiger partial charge in [-0.1, -0.05) is 94.3 Å². The predicted molar refractivity (Wildman–Crippen MR) is 186 cm³/mol. The molecule has 0 radical (unpaired) electrons. The maximum Gasteiger partial charge on any atom is 0.156 e. The quantitative estimate of drug-likeness (QED) is 0.207. The monoisotopic (exact) mass is 603 g/mol. The normalized spacial score (nSPS) is 18.4. The molecule has 1 unspecified atom stereocenters. The number of thioether (sulfide) groups is 1. The third kappa shape index (κ3) is 9.30. The van der Waals surface area contributed by atoms with Crippen LogP contribution in [0.1, 0.15) is 57.1 Å². The van der Waals surface area contributed by atoms with Gasteiger partial charge in [-0.05, 0) is 65.6 Å². The predicted octanol–water partition coefficient (Wildman–Crippen LogP) is 8.57. The Morgan fingerprint density at radius 3 is 2.43 bits per heavy atom. The van der Waals surface area contributed by atoms with E-state index in [9.17, 15) is 4.21 Å². The molecule has 1 N–H and O–H groups in total. The van der Waals surface area contributed by atoms with Crippen LogP contribution in [0.3, 0.4) is 0 Å². The molecular formula is C35H45N3O2S2. The van der Waals surface area contributed by atoms with Crippen molar-refractivity contribution >= 4 is 39.1 Å². The number of aliphatic imine (C=N–C) groups is 1. The summed E-state index contributed by atoms with van der Waals surface area (Å²) in [5, 5.41) is 3.50. The van der Waals surface area contributed by atoms with Crippen LogP contribution in [-0.2, 0) is 16.3 Å². The van der Waals surface area contributed by atoms with Crippen LogP contribution in [0, 0.1) is 5.92 Å². The van der Waals surface area contributed by atoms with Crippen molar-refractivity contribution in [3.05, 3.63) is 119 Å². The Morgan fingerprint density at radius 1 is 1.10 bits per heavy atom. The zero-order valence-electron chi connectivity index (χ0n) is 25.4. The highest BCUT2D eigenvalue weighted by Gasteiger charge is 2.29. The molecule has 1 aliphatic carbocycles. The first-order valence-corrected chi connectivity index (χ1v) is 17.7. The fourth-order valence-corrected chi connectivity index (χ4v) is 6.29. The van der Waals surface area contributed by atoms with Gasteiger partial charge >= 0.3 is 0 Å². The minimum Gasteiger partial charge on any atom is -0.489 e. The molecule has 1 aliphatic heterocycles. The fraction of sp³-hybridized carbons (Fsp3) is 0.314. The van der Waals surface area contributed by atoms with E-state index in [0.717, 1.165) is 35.3 Å². The van der Waals surface area contributed by atoms with Crippen molar-refractivity contribution in [3.8, 4) is 5.75 Å². The van der Waals surface area contributed by atoms with Gasteiger partial charge in [-0.2, -0.15) is 0 Å². The van der Waals surface area contributed by atoms with Crippen LogP contribution < -0.4 is 9.46 Å². The maximum absolute atomic E-state index is 13.2. The second kappa shape index (κ2) is 16.9. The van der Waals surface area contributed by atoms with E-state index in [-0.39, 0.29) is 0 Å². The van der Waals surface area contributed by atoms with Crippen LogP contribution in [0.2, 0.25) is 0 Å². The summed E-state index contributed by atoms with van der Waals surface area (Å²) in [6.07, 6.45) is 15.1. The van der Waals surface area contributed by atoms with Gasteiger partial charge in [-0.3, -0.25) is 0 Å². The van der Waals surface area contributed by atoms with Crippen LogP contribution in [0.4, 0.5) is 0 Å². The summed E-state index contributed by atoms with van der Waals surface area (Å²) in [5.74, 6) is 5.83. The van der Waals surface area contributed by atoms with Crippen molar-refractivity contribution in [2.45, 2.75) is 52.6 Å². The molecule has 0 spiro atoms. The van der Waals surface area contributed by atoms with E-state index in [1.807, 2.05) is 75.2 Å². The Labute approximate surface area is 258 Å². The molecule has 0 saturated heterocycles. The molecule has 2 aliphatic rings. The smallest absolute Gasteiger partial charge is 0.156 e. The number of hydrogen-bond donors (Lipinski definition) is 1. The highest BCUT2D eigenvalue weighted by molar-refractivity contribution is 8.01. The van der Waals surface area contributed by atoms with Crippen molar-refractivity contribution in [1.29, 1.82) is 0 Å². The maximum atomic E-state index is 13.2. The van der Waals surface area contributed by atoms with Gasteiger partial charge in [-0.25, -0.2) is 9.20 Å². The Bertz CT molecular complexity index is 1410. The minimum atomic E-state index is -2.74. The number of ether oxygens (including phenoxy) is 1. The van der Waals surface area contributed by atoms with Crippen LogP contribution >= 0.6 is 11.8 Å². The van der Waals surface area contributed by atoms with Gasteiger partial charge in [0.05, 0.1) is 15.4 Å². The van der Waals surface area contributed by atoms with E-state index in [1.54, 1.807) is 29.3 Å². The molecule has 2 aromatic carbocycles. The zero-order valence-corrected chi connectivity index (χ0v) is 27.1. The van der Waals surface area contributed by atoms with E-state index in [4.69, 9.17) is 9.73 Å². The SMILES string of the molecule is C=C/C(NS(=C)(=O)/C=C/C=C\SC)=C1/N=CC(c2ccc(OCc3ccccc3)cc2)=C(C2CCCCC2)N1C.CC. The van der Waals surface area contributed by atoms with E-state index >= 15 is 0 Å². The van der Waals surface area contributed by atoms with Gasteiger partial charge in [0.25, 0.3) is 0 Å². The van der Waals surface area contributed by atoms with Crippen LogP contribution in [0.25, 0.3) is 5.57 Å². The number of benzene rings is 2. The van der Waals surface area contributed by atoms with Crippen molar-refractivity contribution in [2.24, 2.45) is 10.9 Å². The third-order valence-electron chi connectivity index (χ3n) is 7.03. The lowest BCUT2D eigenvalue weighted by Gasteiger charge is -2.36. The highest BCUT2D eigenvalue weighted by atomic mass is 32.2. The van der Waals surface area contributed by atoms with Crippen LogP contribution in [0.15, 0.2) is 112 Å². The summed E-state index contributed by atoms with van der Waals surface area (Å²) < 4.78 is 22.3. The second-order valence-electron chi connectivity index (χ2n) is 9.91. The topological polar surface area (TPSA) is 53.9 Å². The lowest BCUT2D eigenvalue weighted by Crippen LogP contribution is -2.31. The van der Waals surface area contributed by atoms with Crippen molar-refractivity contribution in [2.75, 3.05) is 13.3 Å². The number of rotatable bonds is 11.